The fourth-order valence-electron chi connectivity index (χ4n) is 2.47. The average molecular weight is 324 g/mol. The summed E-state index contributed by atoms with van der Waals surface area (Å²) in [6.07, 6.45) is 3.78. The molecule has 0 saturated heterocycles. The molecule has 0 aliphatic carbocycles. The maximum atomic E-state index is 4.56. The summed E-state index contributed by atoms with van der Waals surface area (Å²) < 4.78 is 0. The summed E-state index contributed by atoms with van der Waals surface area (Å²) in [6, 6.07) is 10.4. The van der Waals surface area contributed by atoms with Gasteiger partial charge in [0.1, 0.15) is 0 Å². The molecule has 3 aromatic rings. The summed E-state index contributed by atoms with van der Waals surface area (Å²) in [4.78, 5) is 11.2. The highest BCUT2D eigenvalue weighted by molar-refractivity contribution is 7.08. The average Bonchev–Trinajstić information content (AvgIpc) is 3.11. The summed E-state index contributed by atoms with van der Waals surface area (Å²) in [5.74, 6) is 0.722. The normalized spacial score (nSPS) is 10.5. The van der Waals surface area contributed by atoms with Crippen molar-refractivity contribution < 1.29 is 0 Å². The van der Waals surface area contributed by atoms with Gasteiger partial charge in [-0.25, -0.2) is 9.97 Å². The van der Waals surface area contributed by atoms with Gasteiger partial charge in [-0.1, -0.05) is 6.07 Å². The minimum atomic E-state index is 0.722. The van der Waals surface area contributed by atoms with Crippen LogP contribution in [0, 0.1) is 0 Å². The monoisotopic (exact) mass is 324 g/mol. The lowest BCUT2D eigenvalue weighted by Gasteiger charge is -2.21. The molecule has 0 atom stereocenters. The first-order valence-corrected chi connectivity index (χ1v) is 8.72. The van der Waals surface area contributed by atoms with Crippen LogP contribution in [0.4, 0.5) is 17.3 Å². The molecule has 0 bridgehead atoms. The van der Waals surface area contributed by atoms with Gasteiger partial charge in [0.15, 0.2) is 0 Å². The smallest absolute Gasteiger partial charge is 0.229 e. The third-order valence-corrected chi connectivity index (χ3v) is 4.27. The van der Waals surface area contributed by atoms with E-state index in [1.165, 1.54) is 5.56 Å². The molecule has 2 aromatic heterocycles. The standard InChI is InChI=1S/C18H20N4S/c1-3-19-16-6-5-7-17(10-16)22(4-2)18-20-11-15(12-21-18)14-8-9-23-13-14/h5-13,19H,3-4H2,1-2H3. The Hall–Kier alpha value is -2.40. The lowest BCUT2D eigenvalue weighted by molar-refractivity contribution is 0.947. The van der Waals surface area contributed by atoms with Gasteiger partial charge < -0.3 is 10.2 Å². The second-order valence-electron chi connectivity index (χ2n) is 5.11. The van der Waals surface area contributed by atoms with E-state index in [-0.39, 0.29) is 0 Å². The first kappa shape index (κ1) is 15.5. The van der Waals surface area contributed by atoms with Gasteiger partial charge in [-0.05, 0) is 54.4 Å². The molecule has 2 heterocycles. The lowest BCUT2D eigenvalue weighted by atomic mass is 10.2. The zero-order valence-corrected chi connectivity index (χ0v) is 14.2. The zero-order valence-electron chi connectivity index (χ0n) is 13.4. The highest BCUT2D eigenvalue weighted by Gasteiger charge is 2.11. The molecular formula is C18H20N4S. The summed E-state index contributed by atoms with van der Waals surface area (Å²) >= 11 is 1.68. The van der Waals surface area contributed by atoms with E-state index in [0.29, 0.717) is 0 Å². The van der Waals surface area contributed by atoms with Crippen LogP contribution in [0.1, 0.15) is 13.8 Å². The van der Waals surface area contributed by atoms with Crippen LogP contribution in [0.15, 0.2) is 53.5 Å². The van der Waals surface area contributed by atoms with E-state index in [4.69, 9.17) is 0 Å². The van der Waals surface area contributed by atoms with Crippen molar-refractivity contribution in [3.63, 3.8) is 0 Å². The Labute approximate surface area is 140 Å². The van der Waals surface area contributed by atoms with E-state index in [1.54, 1.807) is 11.3 Å². The predicted octanol–water partition coefficient (Wildman–Crippen LogP) is 4.79. The third-order valence-electron chi connectivity index (χ3n) is 3.59. The summed E-state index contributed by atoms with van der Waals surface area (Å²) in [5, 5.41) is 7.51. The van der Waals surface area contributed by atoms with Crippen molar-refractivity contribution in [2.24, 2.45) is 0 Å². The highest BCUT2D eigenvalue weighted by Crippen LogP contribution is 2.26. The van der Waals surface area contributed by atoms with E-state index in [9.17, 15) is 0 Å². The number of thiophene rings is 1. The molecule has 0 spiro atoms. The minimum Gasteiger partial charge on any atom is -0.385 e. The van der Waals surface area contributed by atoms with Gasteiger partial charge in [0.25, 0.3) is 0 Å². The van der Waals surface area contributed by atoms with E-state index < -0.39 is 0 Å². The van der Waals surface area contributed by atoms with Gasteiger partial charge in [0.05, 0.1) is 0 Å². The number of hydrogen-bond donors (Lipinski definition) is 1. The maximum absolute atomic E-state index is 4.56. The fourth-order valence-corrected chi connectivity index (χ4v) is 3.13. The predicted molar refractivity (Wildman–Crippen MR) is 98.6 cm³/mol. The van der Waals surface area contributed by atoms with Gasteiger partial charge in [-0.2, -0.15) is 11.3 Å². The van der Waals surface area contributed by atoms with Crippen LogP contribution in [0.25, 0.3) is 11.1 Å². The Morgan fingerprint density at radius 3 is 2.57 bits per heavy atom. The first-order valence-electron chi connectivity index (χ1n) is 7.78. The molecule has 0 fully saturated rings. The zero-order chi connectivity index (χ0) is 16.1. The van der Waals surface area contributed by atoms with Gasteiger partial charge >= 0.3 is 0 Å². The second kappa shape index (κ2) is 7.24. The van der Waals surface area contributed by atoms with Gasteiger partial charge in [0, 0.05) is 42.4 Å². The molecule has 5 heteroatoms. The molecule has 0 amide bonds. The Kier molecular flexibility index (Phi) is 4.88. The quantitative estimate of drug-likeness (QED) is 0.707. The van der Waals surface area contributed by atoms with E-state index in [0.717, 1.165) is 36.0 Å². The molecule has 0 radical (unpaired) electrons. The molecule has 1 N–H and O–H groups in total. The van der Waals surface area contributed by atoms with Crippen molar-refractivity contribution >= 4 is 28.7 Å². The van der Waals surface area contributed by atoms with Crippen LogP contribution in [-0.4, -0.2) is 23.1 Å². The Bertz CT molecular complexity index is 738. The number of rotatable bonds is 6. The molecular weight excluding hydrogens is 304 g/mol. The van der Waals surface area contributed by atoms with Crippen LogP contribution in [0.5, 0.6) is 0 Å². The van der Waals surface area contributed by atoms with Gasteiger partial charge in [-0.15, -0.1) is 0 Å². The van der Waals surface area contributed by atoms with Crippen LogP contribution in [0.2, 0.25) is 0 Å². The van der Waals surface area contributed by atoms with Crippen molar-refractivity contribution in [2.45, 2.75) is 13.8 Å². The van der Waals surface area contributed by atoms with Gasteiger partial charge in [0.2, 0.25) is 5.95 Å². The minimum absolute atomic E-state index is 0.722. The number of nitrogens with one attached hydrogen (secondary N) is 1. The van der Waals surface area contributed by atoms with Crippen molar-refractivity contribution in [1.82, 2.24) is 9.97 Å². The lowest BCUT2D eigenvalue weighted by Crippen LogP contribution is -2.18. The number of anilines is 3. The largest absolute Gasteiger partial charge is 0.385 e. The van der Waals surface area contributed by atoms with E-state index in [2.05, 4.69) is 75.1 Å². The van der Waals surface area contributed by atoms with Crippen LogP contribution < -0.4 is 10.2 Å². The number of aromatic nitrogens is 2. The van der Waals surface area contributed by atoms with Crippen molar-refractivity contribution in [3.05, 3.63) is 53.5 Å². The molecule has 4 nitrogen and oxygen atoms in total. The molecule has 23 heavy (non-hydrogen) atoms. The Morgan fingerprint density at radius 2 is 1.91 bits per heavy atom. The number of nitrogens with zero attached hydrogens (tertiary/aromatic N) is 3. The Balaban J connectivity index is 1.87. The molecule has 118 valence electrons. The number of hydrogen-bond acceptors (Lipinski definition) is 5. The molecule has 0 unspecified atom stereocenters. The fraction of sp³-hybridized carbons (Fsp3) is 0.222. The number of benzene rings is 1. The summed E-state index contributed by atoms with van der Waals surface area (Å²) in [7, 11) is 0. The Morgan fingerprint density at radius 1 is 1.09 bits per heavy atom. The van der Waals surface area contributed by atoms with Crippen LogP contribution in [0.3, 0.4) is 0 Å². The van der Waals surface area contributed by atoms with Gasteiger partial charge in [-0.3, -0.25) is 0 Å². The third kappa shape index (κ3) is 3.51. The van der Waals surface area contributed by atoms with E-state index >= 15 is 0 Å². The van der Waals surface area contributed by atoms with Crippen molar-refractivity contribution in [2.75, 3.05) is 23.3 Å². The topological polar surface area (TPSA) is 41.0 Å². The second-order valence-corrected chi connectivity index (χ2v) is 5.89. The molecule has 3 rings (SSSR count). The highest BCUT2D eigenvalue weighted by atomic mass is 32.1. The van der Waals surface area contributed by atoms with Crippen LogP contribution >= 0.6 is 11.3 Å². The molecule has 0 saturated carbocycles. The molecule has 0 aliphatic heterocycles. The van der Waals surface area contributed by atoms with Crippen molar-refractivity contribution in [1.29, 1.82) is 0 Å². The maximum Gasteiger partial charge on any atom is 0.229 e. The summed E-state index contributed by atoms with van der Waals surface area (Å²) in [5.41, 5.74) is 4.42. The molecule has 1 aromatic carbocycles. The van der Waals surface area contributed by atoms with Crippen LogP contribution in [-0.2, 0) is 0 Å². The van der Waals surface area contributed by atoms with E-state index in [1.807, 2.05) is 12.4 Å². The van der Waals surface area contributed by atoms with Crippen molar-refractivity contribution in [3.8, 4) is 11.1 Å². The molecule has 0 aliphatic rings. The summed E-state index contributed by atoms with van der Waals surface area (Å²) in [6.45, 7) is 5.92. The SMILES string of the molecule is CCNc1cccc(N(CC)c2ncc(-c3ccsc3)cn2)c1. The first-order chi connectivity index (χ1) is 11.3.